The summed E-state index contributed by atoms with van der Waals surface area (Å²) in [7, 11) is 0. The Morgan fingerprint density at radius 2 is 2.33 bits per heavy atom. The van der Waals surface area contributed by atoms with Gasteiger partial charge in [-0.25, -0.2) is 0 Å². The first-order chi connectivity index (χ1) is 8.69. The molecule has 0 atom stereocenters. The second-order valence-corrected chi connectivity index (χ2v) is 3.80. The highest BCUT2D eigenvalue weighted by molar-refractivity contribution is 5.94. The van der Waals surface area contributed by atoms with E-state index in [4.69, 9.17) is 9.78 Å². The van der Waals surface area contributed by atoms with E-state index in [9.17, 15) is 4.79 Å². The molecule has 0 spiro atoms. The van der Waals surface area contributed by atoms with Crippen LogP contribution in [0.4, 0.5) is 0 Å². The van der Waals surface area contributed by atoms with Gasteiger partial charge in [0.1, 0.15) is 11.5 Å². The van der Waals surface area contributed by atoms with Crippen molar-refractivity contribution in [3.8, 4) is 6.07 Å². The van der Waals surface area contributed by atoms with Gasteiger partial charge in [0.2, 0.25) is 0 Å². The number of aromatic nitrogens is 1. The molecular weight excluding hydrogens is 230 g/mol. The van der Waals surface area contributed by atoms with Crippen molar-refractivity contribution in [3.05, 3.63) is 52.9 Å². The van der Waals surface area contributed by atoms with Crippen LogP contribution in [0.1, 0.15) is 27.4 Å². The van der Waals surface area contributed by atoms with Gasteiger partial charge in [0.25, 0.3) is 5.91 Å². The lowest BCUT2D eigenvalue weighted by atomic mass is 10.1. The number of rotatable bonds is 3. The normalized spacial score (nSPS) is 9.78. The van der Waals surface area contributed by atoms with Gasteiger partial charge in [-0.15, -0.1) is 0 Å². The molecule has 0 radical (unpaired) electrons. The number of carbonyl (C=O) groups is 1. The van der Waals surface area contributed by atoms with E-state index in [-0.39, 0.29) is 5.91 Å². The number of benzene rings is 1. The molecule has 2 rings (SSSR count). The van der Waals surface area contributed by atoms with E-state index in [1.807, 2.05) is 6.07 Å². The van der Waals surface area contributed by atoms with Gasteiger partial charge in [0.05, 0.1) is 18.2 Å². The number of aryl methyl sites for hydroxylation is 1. The average Bonchev–Trinajstić information content (AvgIpc) is 2.82. The average molecular weight is 241 g/mol. The Balaban J connectivity index is 2.01. The third-order valence-electron chi connectivity index (χ3n) is 2.36. The summed E-state index contributed by atoms with van der Waals surface area (Å²) in [6, 6.07) is 10.3. The van der Waals surface area contributed by atoms with E-state index >= 15 is 0 Å². The van der Waals surface area contributed by atoms with Crippen molar-refractivity contribution in [1.29, 1.82) is 5.26 Å². The molecule has 0 fully saturated rings. The third-order valence-corrected chi connectivity index (χ3v) is 2.36. The summed E-state index contributed by atoms with van der Waals surface area (Å²) in [6.45, 7) is 2.08. The summed E-state index contributed by atoms with van der Waals surface area (Å²) in [5.74, 6) is 0.457. The van der Waals surface area contributed by atoms with Gasteiger partial charge in [-0.3, -0.25) is 4.79 Å². The van der Waals surface area contributed by atoms with Crippen molar-refractivity contribution in [3.63, 3.8) is 0 Å². The fourth-order valence-corrected chi connectivity index (χ4v) is 1.50. The standard InChI is InChI=1S/C13H11N3O2/c1-9-5-12(16-18-9)8-15-13(17)11-4-2-3-10(6-11)7-14/h2-6H,8H2,1H3,(H,15,17). The molecule has 1 N–H and O–H groups in total. The zero-order valence-corrected chi connectivity index (χ0v) is 9.80. The molecule has 0 aliphatic rings. The Morgan fingerprint density at radius 1 is 1.50 bits per heavy atom. The molecule has 0 saturated carbocycles. The van der Waals surface area contributed by atoms with Gasteiger partial charge in [-0.1, -0.05) is 11.2 Å². The Bertz CT molecular complexity index is 611. The zero-order valence-electron chi connectivity index (χ0n) is 9.80. The van der Waals surface area contributed by atoms with E-state index < -0.39 is 0 Å². The topological polar surface area (TPSA) is 78.9 Å². The lowest BCUT2D eigenvalue weighted by Gasteiger charge is -2.02. The number of carbonyl (C=O) groups excluding carboxylic acids is 1. The molecule has 0 saturated heterocycles. The first-order valence-electron chi connectivity index (χ1n) is 5.39. The lowest BCUT2D eigenvalue weighted by molar-refractivity contribution is 0.0950. The lowest BCUT2D eigenvalue weighted by Crippen LogP contribution is -2.22. The fraction of sp³-hybridized carbons (Fsp3) is 0.154. The van der Waals surface area contributed by atoms with Crippen LogP contribution in [-0.2, 0) is 6.54 Å². The van der Waals surface area contributed by atoms with E-state index in [0.29, 0.717) is 29.1 Å². The maximum absolute atomic E-state index is 11.8. The zero-order chi connectivity index (χ0) is 13.0. The molecule has 1 amide bonds. The van der Waals surface area contributed by atoms with Gasteiger partial charge < -0.3 is 9.84 Å². The van der Waals surface area contributed by atoms with E-state index in [2.05, 4.69) is 10.5 Å². The van der Waals surface area contributed by atoms with Crippen LogP contribution >= 0.6 is 0 Å². The van der Waals surface area contributed by atoms with Crippen LogP contribution in [0.2, 0.25) is 0 Å². The monoisotopic (exact) mass is 241 g/mol. The highest BCUT2D eigenvalue weighted by Crippen LogP contribution is 2.05. The summed E-state index contributed by atoms with van der Waals surface area (Å²) in [6.07, 6.45) is 0. The number of nitriles is 1. The predicted octanol–water partition coefficient (Wildman–Crippen LogP) is 1.78. The van der Waals surface area contributed by atoms with Crippen LogP contribution in [0.5, 0.6) is 0 Å². The molecule has 18 heavy (non-hydrogen) atoms. The predicted molar refractivity (Wildman–Crippen MR) is 63.6 cm³/mol. The van der Waals surface area contributed by atoms with Crippen molar-refractivity contribution in [2.75, 3.05) is 0 Å². The van der Waals surface area contributed by atoms with Crippen molar-refractivity contribution < 1.29 is 9.32 Å². The van der Waals surface area contributed by atoms with Crippen LogP contribution in [0, 0.1) is 18.3 Å². The second-order valence-electron chi connectivity index (χ2n) is 3.80. The molecule has 90 valence electrons. The largest absolute Gasteiger partial charge is 0.361 e. The molecule has 0 bridgehead atoms. The molecule has 0 aliphatic heterocycles. The fourth-order valence-electron chi connectivity index (χ4n) is 1.50. The number of hydrogen-bond donors (Lipinski definition) is 1. The molecular formula is C13H11N3O2. The minimum absolute atomic E-state index is 0.243. The number of nitrogens with one attached hydrogen (secondary N) is 1. The SMILES string of the molecule is Cc1cc(CNC(=O)c2cccc(C#N)c2)no1. The highest BCUT2D eigenvalue weighted by Gasteiger charge is 2.07. The molecule has 0 aliphatic carbocycles. The summed E-state index contributed by atoms with van der Waals surface area (Å²) in [5.41, 5.74) is 1.58. The van der Waals surface area contributed by atoms with Gasteiger partial charge in [0, 0.05) is 11.6 Å². The number of hydrogen-bond acceptors (Lipinski definition) is 4. The highest BCUT2D eigenvalue weighted by atomic mass is 16.5. The van der Waals surface area contributed by atoms with Crippen molar-refractivity contribution >= 4 is 5.91 Å². The maximum Gasteiger partial charge on any atom is 0.251 e. The van der Waals surface area contributed by atoms with Gasteiger partial charge in [-0.2, -0.15) is 5.26 Å². The number of amides is 1. The minimum atomic E-state index is -0.243. The van der Waals surface area contributed by atoms with Crippen LogP contribution in [-0.4, -0.2) is 11.1 Å². The summed E-state index contributed by atoms with van der Waals surface area (Å²) in [5, 5.41) is 15.2. The van der Waals surface area contributed by atoms with Crippen LogP contribution < -0.4 is 5.32 Å². The molecule has 2 aromatic rings. The van der Waals surface area contributed by atoms with Gasteiger partial charge >= 0.3 is 0 Å². The second kappa shape index (κ2) is 5.15. The third kappa shape index (κ3) is 2.74. The minimum Gasteiger partial charge on any atom is -0.361 e. The number of nitrogens with zero attached hydrogens (tertiary/aromatic N) is 2. The molecule has 5 heteroatoms. The Hall–Kier alpha value is -2.61. The molecule has 5 nitrogen and oxygen atoms in total. The van der Waals surface area contributed by atoms with Crippen LogP contribution in [0.25, 0.3) is 0 Å². The quantitative estimate of drug-likeness (QED) is 0.888. The summed E-state index contributed by atoms with van der Waals surface area (Å²) < 4.78 is 4.89. The smallest absolute Gasteiger partial charge is 0.251 e. The molecule has 1 aromatic heterocycles. The van der Waals surface area contributed by atoms with Crippen molar-refractivity contribution in [2.24, 2.45) is 0 Å². The maximum atomic E-state index is 11.8. The van der Waals surface area contributed by atoms with Gasteiger partial charge in [0.15, 0.2) is 0 Å². The summed E-state index contributed by atoms with van der Waals surface area (Å²) in [4.78, 5) is 11.8. The van der Waals surface area contributed by atoms with E-state index in [0.717, 1.165) is 0 Å². The van der Waals surface area contributed by atoms with Gasteiger partial charge in [-0.05, 0) is 25.1 Å². The van der Waals surface area contributed by atoms with E-state index in [1.165, 1.54) is 0 Å². The van der Waals surface area contributed by atoms with Crippen molar-refractivity contribution in [1.82, 2.24) is 10.5 Å². The first-order valence-corrected chi connectivity index (χ1v) is 5.39. The van der Waals surface area contributed by atoms with E-state index in [1.54, 1.807) is 37.3 Å². The molecule has 0 unspecified atom stereocenters. The Morgan fingerprint density at radius 3 is 3.00 bits per heavy atom. The Labute approximate surface area is 104 Å². The Kier molecular flexibility index (Phi) is 3.39. The molecule has 1 aromatic carbocycles. The molecule has 1 heterocycles. The summed E-state index contributed by atoms with van der Waals surface area (Å²) >= 11 is 0. The first kappa shape index (κ1) is 11.9. The van der Waals surface area contributed by atoms with Crippen molar-refractivity contribution in [2.45, 2.75) is 13.5 Å². The van der Waals surface area contributed by atoms with Crippen LogP contribution in [0.3, 0.4) is 0 Å². The van der Waals surface area contributed by atoms with Crippen LogP contribution in [0.15, 0.2) is 34.9 Å².